The second-order valence-electron chi connectivity index (χ2n) is 5.38. The molecule has 1 atom stereocenters. The van der Waals surface area contributed by atoms with Gasteiger partial charge in [-0.3, -0.25) is 4.79 Å². The summed E-state index contributed by atoms with van der Waals surface area (Å²) in [7, 11) is 0. The van der Waals surface area contributed by atoms with Crippen molar-refractivity contribution in [3.8, 4) is 0 Å². The number of hydrogen-bond donors (Lipinski definition) is 1. The summed E-state index contributed by atoms with van der Waals surface area (Å²) in [5.41, 5.74) is 0. The van der Waals surface area contributed by atoms with Crippen molar-refractivity contribution in [1.82, 2.24) is 0 Å². The Bertz CT molecular complexity index is 295. The average molecular weight is 296 g/mol. The molecule has 0 aromatic rings. The van der Waals surface area contributed by atoms with Gasteiger partial charge in [0.15, 0.2) is 0 Å². The van der Waals surface area contributed by atoms with Crippen molar-refractivity contribution in [3.05, 3.63) is 24.3 Å². The lowest BCUT2D eigenvalue weighted by Crippen LogP contribution is -2.18. The zero-order valence-electron chi connectivity index (χ0n) is 13.7. The second kappa shape index (κ2) is 15.3. The highest BCUT2D eigenvalue weighted by molar-refractivity contribution is 5.69. The van der Waals surface area contributed by atoms with Crippen LogP contribution in [0.15, 0.2) is 24.3 Å². The van der Waals surface area contributed by atoms with Gasteiger partial charge in [-0.25, -0.2) is 0 Å². The smallest absolute Gasteiger partial charge is 0.306 e. The Morgan fingerprint density at radius 3 is 2.43 bits per heavy atom. The van der Waals surface area contributed by atoms with E-state index in [2.05, 4.69) is 31.2 Å². The topological polar surface area (TPSA) is 46.5 Å². The van der Waals surface area contributed by atoms with Gasteiger partial charge in [0.2, 0.25) is 0 Å². The molecule has 0 radical (unpaired) electrons. The van der Waals surface area contributed by atoms with E-state index in [0.717, 1.165) is 32.1 Å². The Kier molecular flexibility index (Phi) is 14.5. The third-order valence-electron chi connectivity index (χ3n) is 3.18. The fourth-order valence-electron chi connectivity index (χ4n) is 1.94. The highest BCUT2D eigenvalue weighted by Gasteiger charge is 2.07. The van der Waals surface area contributed by atoms with Crippen LogP contribution >= 0.6 is 0 Å². The molecule has 0 aliphatic heterocycles. The molecule has 1 N–H and O–H groups in total. The molecular formula is C18H32O3. The monoisotopic (exact) mass is 296 g/mol. The van der Waals surface area contributed by atoms with Crippen LogP contribution in [0.3, 0.4) is 0 Å². The molecule has 0 saturated heterocycles. The molecule has 0 heterocycles. The maximum absolute atomic E-state index is 11.3. The average Bonchev–Trinajstić information content (AvgIpc) is 2.48. The minimum atomic E-state index is -0.378. The van der Waals surface area contributed by atoms with E-state index in [0.29, 0.717) is 6.42 Å². The largest absolute Gasteiger partial charge is 0.460 e. The van der Waals surface area contributed by atoms with Gasteiger partial charge in [-0.15, -0.1) is 0 Å². The van der Waals surface area contributed by atoms with Gasteiger partial charge in [-0.2, -0.15) is 0 Å². The van der Waals surface area contributed by atoms with Gasteiger partial charge < -0.3 is 9.84 Å². The van der Waals surface area contributed by atoms with Crippen LogP contribution in [0.5, 0.6) is 0 Å². The van der Waals surface area contributed by atoms with Crippen molar-refractivity contribution in [2.45, 2.75) is 77.7 Å². The summed E-state index contributed by atoms with van der Waals surface area (Å²) in [6, 6.07) is 0. The number of hydrogen-bond acceptors (Lipinski definition) is 3. The predicted molar refractivity (Wildman–Crippen MR) is 88.1 cm³/mol. The molecule has 0 aliphatic carbocycles. The van der Waals surface area contributed by atoms with E-state index in [-0.39, 0.29) is 18.7 Å². The van der Waals surface area contributed by atoms with E-state index in [1.165, 1.54) is 19.3 Å². The standard InChI is InChI=1S/C18H32O3/c1-3-4-5-6-7-8-9-10-11-12-13-14-15-18(20)21-17(2)16-19/h4-5,7-8,17,19H,3,6,9-16H2,1-2H3/b5-4+,8-7+/t17-/m1/s1. The van der Waals surface area contributed by atoms with Crippen molar-refractivity contribution in [1.29, 1.82) is 0 Å². The van der Waals surface area contributed by atoms with E-state index in [4.69, 9.17) is 9.84 Å². The first-order chi connectivity index (χ1) is 10.2. The molecule has 21 heavy (non-hydrogen) atoms. The molecule has 0 bridgehead atoms. The first-order valence-corrected chi connectivity index (χ1v) is 8.31. The van der Waals surface area contributed by atoms with Crippen LogP contribution in [0.2, 0.25) is 0 Å². The van der Waals surface area contributed by atoms with Crippen molar-refractivity contribution in [2.24, 2.45) is 0 Å². The van der Waals surface area contributed by atoms with Crippen LogP contribution in [-0.4, -0.2) is 23.8 Å². The van der Waals surface area contributed by atoms with Gasteiger partial charge in [0, 0.05) is 6.42 Å². The van der Waals surface area contributed by atoms with Gasteiger partial charge in [0.05, 0.1) is 6.61 Å². The number of rotatable bonds is 13. The molecule has 0 aromatic heterocycles. The van der Waals surface area contributed by atoms with Gasteiger partial charge in [0.1, 0.15) is 6.10 Å². The third kappa shape index (κ3) is 15.1. The van der Waals surface area contributed by atoms with Gasteiger partial charge >= 0.3 is 5.97 Å². The van der Waals surface area contributed by atoms with Crippen molar-refractivity contribution >= 4 is 5.97 Å². The Morgan fingerprint density at radius 1 is 1.05 bits per heavy atom. The molecule has 0 fully saturated rings. The van der Waals surface area contributed by atoms with Crippen LogP contribution in [0, 0.1) is 0 Å². The summed E-state index contributed by atoms with van der Waals surface area (Å²) in [5.74, 6) is -0.195. The quantitative estimate of drug-likeness (QED) is 0.308. The molecule has 0 rings (SSSR count). The van der Waals surface area contributed by atoms with Gasteiger partial charge in [-0.05, 0) is 39.0 Å². The summed E-state index contributed by atoms with van der Waals surface area (Å²) in [4.78, 5) is 11.3. The number of carbonyl (C=O) groups is 1. The SMILES string of the molecule is CC/C=C/C/C=C/CCCCCCCC(=O)O[C@H](C)CO. The van der Waals surface area contributed by atoms with Crippen molar-refractivity contribution < 1.29 is 14.6 Å². The van der Waals surface area contributed by atoms with Gasteiger partial charge in [0.25, 0.3) is 0 Å². The Balaban J connectivity index is 3.29. The summed E-state index contributed by atoms with van der Waals surface area (Å²) in [5, 5.41) is 8.77. The molecule has 3 heteroatoms. The minimum Gasteiger partial charge on any atom is -0.460 e. The highest BCUT2D eigenvalue weighted by Crippen LogP contribution is 2.09. The molecule has 3 nitrogen and oxygen atoms in total. The first-order valence-electron chi connectivity index (χ1n) is 8.31. The van der Waals surface area contributed by atoms with Crippen LogP contribution < -0.4 is 0 Å². The van der Waals surface area contributed by atoms with Gasteiger partial charge in [-0.1, -0.05) is 50.5 Å². The number of allylic oxidation sites excluding steroid dienone is 4. The third-order valence-corrected chi connectivity index (χ3v) is 3.18. The second-order valence-corrected chi connectivity index (χ2v) is 5.38. The zero-order valence-corrected chi connectivity index (χ0v) is 13.7. The van der Waals surface area contributed by atoms with Crippen molar-refractivity contribution in [2.75, 3.05) is 6.61 Å². The predicted octanol–water partition coefficient (Wildman–Crippen LogP) is 4.55. The Hall–Kier alpha value is -1.09. The molecule has 0 spiro atoms. The van der Waals surface area contributed by atoms with Crippen molar-refractivity contribution in [3.63, 3.8) is 0 Å². The van der Waals surface area contributed by atoms with E-state index < -0.39 is 0 Å². The lowest BCUT2D eigenvalue weighted by molar-refractivity contribution is -0.150. The number of esters is 1. The number of unbranched alkanes of at least 4 members (excludes halogenated alkanes) is 5. The summed E-state index contributed by atoms with van der Waals surface area (Å²) in [6.45, 7) is 3.74. The van der Waals surface area contributed by atoms with E-state index in [1.54, 1.807) is 6.92 Å². The van der Waals surface area contributed by atoms with Crippen LogP contribution in [0.25, 0.3) is 0 Å². The van der Waals surface area contributed by atoms with E-state index in [1.807, 2.05) is 0 Å². The lowest BCUT2D eigenvalue weighted by atomic mass is 10.1. The maximum Gasteiger partial charge on any atom is 0.306 e. The van der Waals surface area contributed by atoms with E-state index >= 15 is 0 Å². The first kappa shape index (κ1) is 19.9. The van der Waals surface area contributed by atoms with Crippen LogP contribution in [-0.2, 0) is 9.53 Å². The molecule has 0 unspecified atom stereocenters. The molecule has 0 aliphatic rings. The fourth-order valence-corrected chi connectivity index (χ4v) is 1.94. The Morgan fingerprint density at radius 2 is 1.71 bits per heavy atom. The number of carbonyl (C=O) groups excluding carboxylic acids is 1. The normalized spacial score (nSPS) is 13.1. The molecule has 0 amide bonds. The summed E-state index contributed by atoms with van der Waals surface area (Å²) < 4.78 is 5.00. The zero-order chi connectivity index (χ0) is 15.8. The van der Waals surface area contributed by atoms with Crippen LogP contribution in [0.4, 0.5) is 0 Å². The molecular weight excluding hydrogens is 264 g/mol. The maximum atomic E-state index is 11.3. The van der Waals surface area contributed by atoms with Crippen LogP contribution in [0.1, 0.15) is 71.6 Å². The number of aliphatic hydroxyl groups excluding tert-OH is 1. The number of ether oxygens (including phenoxy) is 1. The summed E-state index contributed by atoms with van der Waals surface area (Å²) in [6.07, 6.45) is 17.8. The number of aliphatic hydroxyl groups is 1. The molecule has 122 valence electrons. The highest BCUT2D eigenvalue weighted by atomic mass is 16.5. The molecule has 0 aromatic carbocycles. The summed E-state index contributed by atoms with van der Waals surface area (Å²) >= 11 is 0. The lowest BCUT2D eigenvalue weighted by Gasteiger charge is -2.09. The van der Waals surface area contributed by atoms with E-state index in [9.17, 15) is 4.79 Å². The fraction of sp³-hybridized carbons (Fsp3) is 0.722. The molecule has 0 saturated carbocycles. The minimum absolute atomic E-state index is 0.104. The Labute approximate surface area is 130 Å².